The summed E-state index contributed by atoms with van der Waals surface area (Å²) in [5, 5.41) is 3.48. The fraction of sp³-hybridized carbons (Fsp3) is 0.300. The molecular formula is C20H21ClN2O3. The molecule has 1 aliphatic heterocycles. The molecule has 26 heavy (non-hydrogen) atoms. The van der Waals surface area contributed by atoms with E-state index in [1.165, 1.54) is 0 Å². The van der Waals surface area contributed by atoms with Gasteiger partial charge in [-0.2, -0.15) is 0 Å². The second-order valence-corrected chi connectivity index (χ2v) is 6.68. The summed E-state index contributed by atoms with van der Waals surface area (Å²) >= 11 is 5.83. The molecule has 1 atom stereocenters. The van der Waals surface area contributed by atoms with Crippen LogP contribution in [0.15, 0.2) is 48.5 Å². The molecule has 1 N–H and O–H groups in total. The highest BCUT2D eigenvalue weighted by molar-refractivity contribution is 6.30. The summed E-state index contributed by atoms with van der Waals surface area (Å²) in [5.41, 5.74) is 1.87. The summed E-state index contributed by atoms with van der Waals surface area (Å²) < 4.78 is 5.60. The van der Waals surface area contributed by atoms with Gasteiger partial charge in [-0.1, -0.05) is 23.7 Å². The van der Waals surface area contributed by atoms with Crippen molar-refractivity contribution in [2.24, 2.45) is 0 Å². The van der Waals surface area contributed by atoms with E-state index in [1.54, 1.807) is 36.1 Å². The van der Waals surface area contributed by atoms with E-state index in [1.807, 2.05) is 24.3 Å². The van der Waals surface area contributed by atoms with Crippen LogP contribution in [0.5, 0.6) is 5.75 Å². The van der Waals surface area contributed by atoms with Crippen LogP contribution in [0.2, 0.25) is 5.02 Å². The Morgan fingerprint density at radius 3 is 2.50 bits per heavy atom. The van der Waals surface area contributed by atoms with Gasteiger partial charge >= 0.3 is 0 Å². The predicted octanol–water partition coefficient (Wildman–Crippen LogP) is 3.55. The number of anilines is 1. The molecule has 0 aromatic heterocycles. The van der Waals surface area contributed by atoms with E-state index in [9.17, 15) is 9.59 Å². The summed E-state index contributed by atoms with van der Waals surface area (Å²) in [5.74, 6) is 0.564. The monoisotopic (exact) mass is 372 g/mol. The van der Waals surface area contributed by atoms with E-state index in [0.717, 1.165) is 24.2 Å². The number of hydrogen-bond donors (Lipinski definition) is 1. The molecule has 0 bridgehead atoms. The second-order valence-electron chi connectivity index (χ2n) is 6.25. The fourth-order valence-electron chi connectivity index (χ4n) is 2.82. The van der Waals surface area contributed by atoms with Crippen LogP contribution in [-0.4, -0.2) is 24.5 Å². The van der Waals surface area contributed by atoms with Crippen LogP contribution in [0.1, 0.15) is 25.3 Å². The van der Waals surface area contributed by atoms with Crippen molar-refractivity contribution in [2.75, 3.05) is 11.4 Å². The van der Waals surface area contributed by atoms with Gasteiger partial charge in [0.05, 0.1) is 0 Å². The number of nitrogens with one attached hydrogen (secondary N) is 1. The normalized spacial score (nSPS) is 15.0. The van der Waals surface area contributed by atoms with Gasteiger partial charge in [-0.15, -0.1) is 0 Å². The van der Waals surface area contributed by atoms with E-state index < -0.39 is 6.10 Å². The van der Waals surface area contributed by atoms with Crippen LogP contribution in [0.3, 0.4) is 0 Å². The number of rotatable bonds is 6. The molecule has 2 aromatic carbocycles. The molecule has 1 saturated heterocycles. The molecule has 5 nitrogen and oxygen atoms in total. The van der Waals surface area contributed by atoms with Crippen LogP contribution >= 0.6 is 11.6 Å². The highest BCUT2D eigenvalue weighted by Gasteiger charge is 2.21. The van der Waals surface area contributed by atoms with Gasteiger partial charge in [0.2, 0.25) is 5.91 Å². The minimum absolute atomic E-state index is 0.166. The minimum atomic E-state index is -0.613. The molecule has 0 saturated carbocycles. The van der Waals surface area contributed by atoms with Gasteiger partial charge in [-0.05, 0) is 55.3 Å². The van der Waals surface area contributed by atoms with Crippen LogP contribution < -0.4 is 15.0 Å². The third-order valence-corrected chi connectivity index (χ3v) is 4.54. The van der Waals surface area contributed by atoms with Gasteiger partial charge in [-0.3, -0.25) is 9.59 Å². The van der Waals surface area contributed by atoms with E-state index in [4.69, 9.17) is 16.3 Å². The summed E-state index contributed by atoms with van der Waals surface area (Å²) in [4.78, 5) is 25.8. The SMILES string of the molecule is CC(Oc1ccc(Cl)cc1)C(=O)NCc1ccc(N2CCCC2=O)cc1. The van der Waals surface area contributed by atoms with Crippen LogP contribution in [0.4, 0.5) is 5.69 Å². The molecule has 1 unspecified atom stereocenters. The predicted molar refractivity (Wildman–Crippen MR) is 101 cm³/mol. The molecule has 1 heterocycles. The number of ether oxygens (including phenoxy) is 1. The Morgan fingerprint density at radius 2 is 1.88 bits per heavy atom. The Kier molecular flexibility index (Phi) is 5.78. The fourth-order valence-corrected chi connectivity index (χ4v) is 2.94. The highest BCUT2D eigenvalue weighted by Crippen LogP contribution is 2.21. The third-order valence-electron chi connectivity index (χ3n) is 4.28. The van der Waals surface area contributed by atoms with Crippen molar-refractivity contribution in [1.82, 2.24) is 5.32 Å². The van der Waals surface area contributed by atoms with Gasteiger partial charge in [0.1, 0.15) is 5.75 Å². The lowest BCUT2D eigenvalue weighted by molar-refractivity contribution is -0.127. The molecule has 6 heteroatoms. The molecule has 0 aliphatic carbocycles. The maximum Gasteiger partial charge on any atom is 0.261 e. The first-order valence-corrected chi connectivity index (χ1v) is 9.00. The molecule has 3 rings (SSSR count). The van der Waals surface area contributed by atoms with Crippen molar-refractivity contribution in [2.45, 2.75) is 32.4 Å². The third kappa shape index (κ3) is 4.55. The Morgan fingerprint density at radius 1 is 1.19 bits per heavy atom. The molecule has 1 fully saturated rings. The lowest BCUT2D eigenvalue weighted by Crippen LogP contribution is -2.35. The van der Waals surface area contributed by atoms with Crippen LogP contribution in [0, 0.1) is 0 Å². The van der Waals surface area contributed by atoms with E-state index in [2.05, 4.69) is 5.32 Å². The Bertz CT molecular complexity index is 775. The first kappa shape index (κ1) is 18.3. The largest absolute Gasteiger partial charge is 0.481 e. The standard InChI is InChI=1S/C20H21ClN2O3/c1-14(26-18-10-6-16(21)7-11-18)20(25)22-13-15-4-8-17(9-5-15)23-12-2-3-19(23)24/h4-11,14H,2-3,12-13H2,1H3,(H,22,25). The Labute approximate surface area is 157 Å². The number of carbonyl (C=O) groups excluding carboxylic acids is 2. The smallest absolute Gasteiger partial charge is 0.261 e. The number of carbonyl (C=O) groups is 2. The topological polar surface area (TPSA) is 58.6 Å². The lowest BCUT2D eigenvalue weighted by atomic mass is 10.2. The van der Waals surface area contributed by atoms with Gasteiger partial charge in [-0.25, -0.2) is 0 Å². The summed E-state index contributed by atoms with van der Waals surface area (Å²) in [6, 6.07) is 14.6. The van der Waals surface area contributed by atoms with Crippen molar-refractivity contribution >= 4 is 29.1 Å². The van der Waals surface area contributed by atoms with Crippen molar-refractivity contribution < 1.29 is 14.3 Å². The zero-order valence-electron chi connectivity index (χ0n) is 14.6. The average Bonchev–Trinajstić information content (AvgIpc) is 3.08. The summed E-state index contributed by atoms with van der Waals surface area (Å²) in [6.07, 6.45) is 0.906. The first-order chi connectivity index (χ1) is 12.5. The van der Waals surface area contributed by atoms with Crippen molar-refractivity contribution in [1.29, 1.82) is 0 Å². The van der Waals surface area contributed by atoms with Gasteiger partial charge in [0.15, 0.2) is 6.10 Å². The van der Waals surface area contributed by atoms with Crippen LogP contribution in [0.25, 0.3) is 0 Å². The van der Waals surface area contributed by atoms with E-state index in [-0.39, 0.29) is 11.8 Å². The first-order valence-electron chi connectivity index (χ1n) is 8.62. The van der Waals surface area contributed by atoms with E-state index >= 15 is 0 Å². The quantitative estimate of drug-likeness (QED) is 0.843. The van der Waals surface area contributed by atoms with E-state index in [0.29, 0.717) is 23.7 Å². The highest BCUT2D eigenvalue weighted by atomic mass is 35.5. The number of nitrogens with zero attached hydrogens (tertiary/aromatic N) is 1. The van der Waals surface area contributed by atoms with Gasteiger partial charge in [0.25, 0.3) is 5.91 Å². The summed E-state index contributed by atoms with van der Waals surface area (Å²) in [7, 11) is 0. The second kappa shape index (κ2) is 8.23. The van der Waals surface area contributed by atoms with Crippen molar-refractivity contribution in [3.05, 3.63) is 59.1 Å². The maximum absolute atomic E-state index is 12.2. The number of halogens is 1. The molecule has 2 amide bonds. The number of benzene rings is 2. The minimum Gasteiger partial charge on any atom is -0.481 e. The molecule has 2 aromatic rings. The zero-order chi connectivity index (χ0) is 18.5. The Balaban J connectivity index is 1.50. The van der Waals surface area contributed by atoms with Crippen molar-refractivity contribution in [3.63, 3.8) is 0 Å². The van der Waals surface area contributed by atoms with Gasteiger partial charge in [0, 0.05) is 30.2 Å². The van der Waals surface area contributed by atoms with Crippen molar-refractivity contribution in [3.8, 4) is 5.75 Å². The molecule has 136 valence electrons. The lowest BCUT2D eigenvalue weighted by Gasteiger charge is -2.17. The Hall–Kier alpha value is -2.53. The number of amides is 2. The van der Waals surface area contributed by atoms with Gasteiger partial charge < -0.3 is 15.0 Å². The molecule has 0 radical (unpaired) electrons. The molecule has 0 spiro atoms. The molecule has 1 aliphatic rings. The zero-order valence-corrected chi connectivity index (χ0v) is 15.3. The number of hydrogen-bond acceptors (Lipinski definition) is 3. The average molecular weight is 373 g/mol. The van der Waals surface area contributed by atoms with Crippen LogP contribution in [-0.2, 0) is 16.1 Å². The maximum atomic E-state index is 12.2. The molecular weight excluding hydrogens is 352 g/mol. The summed E-state index contributed by atoms with van der Waals surface area (Å²) in [6.45, 7) is 2.88.